The third kappa shape index (κ3) is 6.35. The van der Waals surface area contributed by atoms with Crippen molar-refractivity contribution in [2.24, 2.45) is 0 Å². The first-order valence-corrected chi connectivity index (χ1v) is 9.00. The SMILES string of the molecule is CC(=O)Nc1cccc(C(=O)O[C@H](C)C(=O)NCCC2=CCCCC2)c1. The van der Waals surface area contributed by atoms with Crippen molar-refractivity contribution in [3.8, 4) is 0 Å². The van der Waals surface area contributed by atoms with Crippen molar-refractivity contribution in [1.29, 1.82) is 0 Å². The van der Waals surface area contributed by atoms with Crippen molar-refractivity contribution in [1.82, 2.24) is 5.32 Å². The van der Waals surface area contributed by atoms with Crippen molar-refractivity contribution in [2.45, 2.75) is 52.1 Å². The first kappa shape index (κ1) is 19.7. The molecule has 0 aromatic heterocycles. The van der Waals surface area contributed by atoms with Gasteiger partial charge in [-0.1, -0.05) is 17.7 Å². The number of allylic oxidation sites excluding steroid dienone is 1. The molecule has 1 aliphatic carbocycles. The fourth-order valence-electron chi connectivity index (χ4n) is 2.83. The van der Waals surface area contributed by atoms with Crippen LogP contribution in [0.3, 0.4) is 0 Å². The number of hydrogen-bond acceptors (Lipinski definition) is 4. The summed E-state index contributed by atoms with van der Waals surface area (Å²) < 4.78 is 5.22. The highest BCUT2D eigenvalue weighted by Crippen LogP contribution is 2.19. The van der Waals surface area contributed by atoms with Crippen LogP contribution in [-0.4, -0.2) is 30.4 Å². The molecule has 1 atom stereocenters. The number of rotatable bonds is 7. The quantitative estimate of drug-likeness (QED) is 0.579. The molecule has 2 rings (SSSR count). The van der Waals surface area contributed by atoms with Crippen LogP contribution < -0.4 is 10.6 Å². The van der Waals surface area contributed by atoms with Gasteiger partial charge in [-0.25, -0.2) is 4.79 Å². The summed E-state index contributed by atoms with van der Waals surface area (Å²) in [5.41, 5.74) is 2.17. The topological polar surface area (TPSA) is 84.5 Å². The molecule has 0 saturated heterocycles. The van der Waals surface area contributed by atoms with Gasteiger partial charge in [-0.05, 0) is 57.2 Å². The molecule has 0 unspecified atom stereocenters. The van der Waals surface area contributed by atoms with Crippen LogP contribution in [0.2, 0.25) is 0 Å². The number of amides is 2. The van der Waals surface area contributed by atoms with E-state index < -0.39 is 12.1 Å². The fourth-order valence-corrected chi connectivity index (χ4v) is 2.83. The van der Waals surface area contributed by atoms with Crippen LogP contribution in [0.1, 0.15) is 56.3 Å². The lowest BCUT2D eigenvalue weighted by Crippen LogP contribution is -2.36. The van der Waals surface area contributed by atoms with E-state index in [1.807, 2.05) is 0 Å². The standard InChI is InChI=1S/C20H26N2O4/c1-14(19(24)21-12-11-16-7-4-3-5-8-16)26-20(25)17-9-6-10-18(13-17)22-15(2)23/h6-7,9-10,13-14H,3-5,8,11-12H2,1-2H3,(H,21,24)(H,22,23)/t14-/m1/s1. The minimum Gasteiger partial charge on any atom is -0.449 e. The normalized spacial score (nSPS) is 14.8. The van der Waals surface area contributed by atoms with E-state index in [4.69, 9.17) is 4.74 Å². The van der Waals surface area contributed by atoms with E-state index in [1.165, 1.54) is 31.4 Å². The minimum atomic E-state index is -0.882. The molecule has 2 amide bonds. The zero-order valence-corrected chi connectivity index (χ0v) is 15.3. The summed E-state index contributed by atoms with van der Waals surface area (Å²) >= 11 is 0. The van der Waals surface area contributed by atoms with E-state index in [9.17, 15) is 14.4 Å². The predicted molar refractivity (Wildman–Crippen MR) is 99.8 cm³/mol. The number of hydrogen-bond donors (Lipinski definition) is 2. The van der Waals surface area contributed by atoms with Gasteiger partial charge in [0.05, 0.1) is 5.56 Å². The molecule has 2 N–H and O–H groups in total. The number of nitrogens with one attached hydrogen (secondary N) is 2. The van der Waals surface area contributed by atoms with Gasteiger partial charge in [0.25, 0.3) is 5.91 Å². The highest BCUT2D eigenvalue weighted by Gasteiger charge is 2.19. The molecule has 0 radical (unpaired) electrons. The second-order valence-corrected chi connectivity index (χ2v) is 6.46. The lowest BCUT2D eigenvalue weighted by Gasteiger charge is -2.16. The Kier molecular flexibility index (Phi) is 7.38. The molecule has 0 aliphatic heterocycles. The van der Waals surface area contributed by atoms with Crippen molar-refractivity contribution >= 4 is 23.5 Å². The average molecular weight is 358 g/mol. The van der Waals surface area contributed by atoms with Crippen LogP contribution in [0.15, 0.2) is 35.9 Å². The summed E-state index contributed by atoms with van der Waals surface area (Å²) in [6.45, 7) is 3.48. The first-order chi connectivity index (χ1) is 12.5. The lowest BCUT2D eigenvalue weighted by atomic mass is 9.97. The van der Waals surface area contributed by atoms with Gasteiger partial charge in [0.15, 0.2) is 6.10 Å². The average Bonchev–Trinajstić information content (AvgIpc) is 2.62. The maximum absolute atomic E-state index is 12.2. The number of carbonyl (C=O) groups is 3. The Morgan fingerprint density at radius 1 is 1.23 bits per heavy atom. The summed E-state index contributed by atoms with van der Waals surface area (Å²) in [4.78, 5) is 35.4. The molecule has 0 spiro atoms. The monoisotopic (exact) mass is 358 g/mol. The van der Waals surface area contributed by atoms with E-state index in [2.05, 4.69) is 16.7 Å². The summed E-state index contributed by atoms with van der Waals surface area (Å²) in [5.74, 6) is -1.14. The van der Waals surface area contributed by atoms with Gasteiger partial charge < -0.3 is 15.4 Å². The molecule has 0 bridgehead atoms. The molecule has 0 heterocycles. The zero-order chi connectivity index (χ0) is 18.9. The fraction of sp³-hybridized carbons (Fsp3) is 0.450. The van der Waals surface area contributed by atoms with Gasteiger partial charge in [0, 0.05) is 19.2 Å². The molecule has 1 aromatic carbocycles. The number of anilines is 1. The van der Waals surface area contributed by atoms with Crippen molar-refractivity contribution in [2.75, 3.05) is 11.9 Å². The summed E-state index contributed by atoms with van der Waals surface area (Å²) in [5, 5.41) is 5.41. The Hall–Kier alpha value is -2.63. The smallest absolute Gasteiger partial charge is 0.338 e. The van der Waals surface area contributed by atoms with Crippen LogP contribution in [0, 0.1) is 0 Å². The molecule has 140 valence electrons. The highest BCUT2D eigenvalue weighted by atomic mass is 16.5. The number of ether oxygens (including phenoxy) is 1. The van der Waals surface area contributed by atoms with E-state index in [-0.39, 0.29) is 17.4 Å². The van der Waals surface area contributed by atoms with Gasteiger partial charge in [0.2, 0.25) is 5.91 Å². The molecule has 0 saturated carbocycles. The Morgan fingerprint density at radius 3 is 2.73 bits per heavy atom. The molecule has 6 heteroatoms. The van der Waals surface area contributed by atoms with E-state index in [0.29, 0.717) is 12.2 Å². The molecule has 26 heavy (non-hydrogen) atoms. The van der Waals surface area contributed by atoms with Crippen LogP contribution in [-0.2, 0) is 14.3 Å². The third-order valence-electron chi connectivity index (χ3n) is 4.20. The summed E-state index contributed by atoms with van der Waals surface area (Å²) in [7, 11) is 0. The maximum atomic E-state index is 12.2. The van der Waals surface area contributed by atoms with Crippen LogP contribution in [0.4, 0.5) is 5.69 Å². The number of esters is 1. The molecule has 1 aliphatic rings. The van der Waals surface area contributed by atoms with Crippen LogP contribution in [0.5, 0.6) is 0 Å². The van der Waals surface area contributed by atoms with Crippen LogP contribution >= 0.6 is 0 Å². The van der Waals surface area contributed by atoms with Gasteiger partial charge in [-0.2, -0.15) is 0 Å². The van der Waals surface area contributed by atoms with E-state index in [1.54, 1.807) is 25.1 Å². The molecule has 1 aromatic rings. The number of benzene rings is 1. The lowest BCUT2D eigenvalue weighted by molar-refractivity contribution is -0.129. The minimum absolute atomic E-state index is 0.226. The molecule has 0 fully saturated rings. The summed E-state index contributed by atoms with van der Waals surface area (Å²) in [6, 6.07) is 6.41. The zero-order valence-electron chi connectivity index (χ0n) is 15.3. The summed E-state index contributed by atoms with van der Waals surface area (Å²) in [6.07, 6.45) is 6.89. The van der Waals surface area contributed by atoms with E-state index >= 15 is 0 Å². The first-order valence-electron chi connectivity index (χ1n) is 9.00. The van der Waals surface area contributed by atoms with Crippen LogP contribution in [0.25, 0.3) is 0 Å². The van der Waals surface area contributed by atoms with Crippen molar-refractivity contribution in [3.63, 3.8) is 0 Å². The van der Waals surface area contributed by atoms with Gasteiger partial charge in [0.1, 0.15) is 0 Å². The predicted octanol–water partition coefficient (Wildman–Crippen LogP) is 3.20. The largest absolute Gasteiger partial charge is 0.449 e. The van der Waals surface area contributed by atoms with E-state index in [0.717, 1.165) is 19.3 Å². The molecular formula is C20H26N2O4. The Labute approximate surface area is 154 Å². The highest BCUT2D eigenvalue weighted by molar-refractivity contribution is 5.95. The van der Waals surface area contributed by atoms with Crippen molar-refractivity contribution in [3.05, 3.63) is 41.5 Å². The third-order valence-corrected chi connectivity index (χ3v) is 4.20. The number of carbonyl (C=O) groups excluding carboxylic acids is 3. The maximum Gasteiger partial charge on any atom is 0.338 e. The second-order valence-electron chi connectivity index (χ2n) is 6.46. The molecular weight excluding hydrogens is 332 g/mol. The van der Waals surface area contributed by atoms with Gasteiger partial charge >= 0.3 is 5.97 Å². The Morgan fingerprint density at radius 2 is 2.04 bits per heavy atom. The Bertz CT molecular complexity index is 697. The molecule has 6 nitrogen and oxygen atoms in total. The second kappa shape index (κ2) is 9.75. The van der Waals surface area contributed by atoms with Gasteiger partial charge in [-0.15, -0.1) is 0 Å². The van der Waals surface area contributed by atoms with Gasteiger partial charge in [-0.3, -0.25) is 9.59 Å². The Balaban J connectivity index is 1.81. The van der Waals surface area contributed by atoms with Crippen molar-refractivity contribution < 1.29 is 19.1 Å².